The van der Waals surface area contributed by atoms with Crippen LogP contribution in [0, 0.1) is 5.92 Å². The van der Waals surface area contributed by atoms with Crippen LogP contribution in [0.2, 0.25) is 0 Å². The molecule has 0 spiro atoms. The first-order valence-corrected chi connectivity index (χ1v) is 10.7. The number of fused-ring (bicyclic) bond motifs is 1. The van der Waals surface area contributed by atoms with Gasteiger partial charge in [0.2, 0.25) is 5.91 Å². The summed E-state index contributed by atoms with van der Waals surface area (Å²) >= 11 is 0. The number of likely N-dealkylation sites (tertiary alicyclic amines) is 1. The van der Waals surface area contributed by atoms with E-state index < -0.39 is 0 Å². The number of aromatic amines is 1. The highest BCUT2D eigenvalue weighted by atomic mass is 16.2. The van der Waals surface area contributed by atoms with Crippen LogP contribution in [0.1, 0.15) is 60.8 Å². The highest BCUT2D eigenvalue weighted by Gasteiger charge is 2.37. The minimum Gasteiger partial charge on any atom is -0.332 e. The summed E-state index contributed by atoms with van der Waals surface area (Å²) < 4.78 is 0. The van der Waals surface area contributed by atoms with E-state index in [4.69, 9.17) is 4.98 Å². The van der Waals surface area contributed by atoms with Gasteiger partial charge in [-0.2, -0.15) is 0 Å². The van der Waals surface area contributed by atoms with Gasteiger partial charge in [0.05, 0.1) is 17.3 Å². The Morgan fingerprint density at radius 2 is 2.10 bits per heavy atom. The number of amides is 1. The number of H-pyrrole nitrogens is 1. The maximum Gasteiger partial charge on any atom is 0.255 e. The van der Waals surface area contributed by atoms with E-state index in [2.05, 4.69) is 20.9 Å². The minimum atomic E-state index is -0.0745. The number of pyridine rings is 1. The summed E-state index contributed by atoms with van der Waals surface area (Å²) in [6, 6.07) is 3.92. The second-order valence-corrected chi connectivity index (χ2v) is 8.52. The summed E-state index contributed by atoms with van der Waals surface area (Å²) in [6.07, 6.45) is 9.41. The molecular formula is C22H27N5O2. The van der Waals surface area contributed by atoms with Gasteiger partial charge in [0.25, 0.3) is 5.56 Å². The molecule has 2 aromatic heterocycles. The quantitative estimate of drug-likeness (QED) is 0.861. The van der Waals surface area contributed by atoms with E-state index in [9.17, 15) is 9.59 Å². The number of aromatic nitrogens is 3. The number of hydrogen-bond donors (Lipinski definition) is 1. The van der Waals surface area contributed by atoms with Gasteiger partial charge in [-0.15, -0.1) is 0 Å². The lowest BCUT2D eigenvalue weighted by Crippen LogP contribution is -2.40. The van der Waals surface area contributed by atoms with Crippen molar-refractivity contribution >= 4 is 5.91 Å². The molecule has 1 saturated carbocycles. The van der Waals surface area contributed by atoms with Crippen LogP contribution in [0.25, 0.3) is 0 Å². The van der Waals surface area contributed by atoms with Crippen LogP contribution in [0.3, 0.4) is 0 Å². The van der Waals surface area contributed by atoms with Crippen LogP contribution in [0.15, 0.2) is 29.3 Å². The SMILES string of the molecule is O=C(C1CCC1)N1CCCC1c1nc2c(c(=O)[nH]1)CN(Cc1cccnc1)CC2. The standard InChI is InChI=1S/C22H27N5O2/c28-21-17-14-26(13-15-4-2-9-23-12-15)11-8-18(17)24-20(25-21)19-7-3-10-27(19)22(29)16-5-1-6-16/h2,4,9,12,16,19H,1,3,5-8,10-11,13-14H2,(H,24,25,28). The fourth-order valence-corrected chi connectivity index (χ4v) is 4.75. The van der Waals surface area contributed by atoms with E-state index in [1.54, 1.807) is 6.20 Å². The van der Waals surface area contributed by atoms with Crippen molar-refractivity contribution in [1.82, 2.24) is 24.8 Å². The summed E-state index contributed by atoms with van der Waals surface area (Å²) in [5.41, 5.74) is 2.75. The van der Waals surface area contributed by atoms with Crippen molar-refractivity contribution in [3.63, 3.8) is 0 Å². The summed E-state index contributed by atoms with van der Waals surface area (Å²) in [4.78, 5) is 41.9. The fraction of sp³-hybridized carbons (Fsp3) is 0.545. The first-order chi connectivity index (χ1) is 14.2. The van der Waals surface area contributed by atoms with Crippen molar-refractivity contribution in [1.29, 1.82) is 0 Å². The third-order valence-electron chi connectivity index (χ3n) is 6.60. The number of hydrogen-bond acceptors (Lipinski definition) is 5. The highest BCUT2D eigenvalue weighted by molar-refractivity contribution is 5.80. The zero-order chi connectivity index (χ0) is 19.8. The molecule has 5 rings (SSSR count). The Labute approximate surface area is 170 Å². The Hall–Kier alpha value is -2.54. The van der Waals surface area contributed by atoms with Gasteiger partial charge in [0.15, 0.2) is 0 Å². The maximum atomic E-state index is 12.9. The van der Waals surface area contributed by atoms with Gasteiger partial charge in [0, 0.05) is 50.9 Å². The third-order valence-corrected chi connectivity index (χ3v) is 6.60. The van der Waals surface area contributed by atoms with Crippen molar-refractivity contribution in [2.24, 2.45) is 5.92 Å². The van der Waals surface area contributed by atoms with E-state index in [-0.39, 0.29) is 23.4 Å². The van der Waals surface area contributed by atoms with Gasteiger partial charge in [0.1, 0.15) is 5.82 Å². The molecule has 152 valence electrons. The first kappa shape index (κ1) is 18.5. The molecule has 7 heteroatoms. The zero-order valence-electron chi connectivity index (χ0n) is 16.6. The number of rotatable bonds is 4. The molecule has 0 radical (unpaired) electrons. The lowest BCUT2D eigenvalue weighted by Gasteiger charge is -2.33. The van der Waals surface area contributed by atoms with Crippen molar-refractivity contribution < 1.29 is 4.79 Å². The van der Waals surface area contributed by atoms with Crippen LogP contribution in [-0.4, -0.2) is 43.7 Å². The molecule has 1 atom stereocenters. The molecule has 29 heavy (non-hydrogen) atoms. The van der Waals surface area contributed by atoms with Crippen LogP contribution in [0.4, 0.5) is 0 Å². The van der Waals surface area contributed by atoms with Crippen LogP contribution >= 0.6 is 0 Å². The molecule has 0 aromatic carbocycles. The Morgan fingerprint density at radius 1 is 1.21 bits per heavy atom. The summed E-state index contributed by atoms with van der Waals surface area (Å²) in [7, 11) is 0. The first-order valence-electron chi connectivity index (χ1n) is 10.7. The van der Waals surface area contributed by atoms with Crippen molar-refractivity contribution in [3.05, 3.63) is 57.5 Å². The molecule has 3 aliphatic rings. The molecular weight excluding hydrogens is 366 g/mol. The average Bonchev–Trinajstić information content (AvgIpc) is 3.18. The van der Waals surface area contributed by atoms with Crippen LogP contribution < -0.4 is 5.56 Å². The normalized spacial score (nSPS) is 22.3. The topological polar surface area (TPSA) is 82.2 Å². The Bertz CT molecular complexity index is 953. The fourth-order valence-electron chi connectivity index (χ4n) is 4.75. The molecule has 1 unspecified atom stereocenters. The van der Waals surface area contributed by atoms with Crippen molar-refractivity contribution in [2.45, 2.75) is 57.7 Å². The molecule has 7 nitrogen and oxygen atoms in total. The number of carbonyl (C=O) groups is 1. The maximum absolute atomic E-state index is 12.9. The Balaban J connectivity index is 1.35. The average molecular weight is 393 g/mol. The van der Waals surface area contributed by atoms with E-state index >= 15 is 0 Å². The predicted molar refractivity (Wildman–Crippen MR) is 108 cm³/mol. The van der Waals surface area contributed by atoms with Gasteiger partial charge in [-0.25, -0.2) is 4.98 Å². The smallest absolute Gasteiger partial charge is 0.255 e. The van der Waals surface area contributed by atoms with Gasteiger partial charge < -0.3 is 9.88 Å². The summed E-state index contributed by atoms with van der Waals surface area (Å²) in [5.74, 6) is 1.11. The molecule has 1 saturated heterocycles. The minimum absolute atomic E-state index is 0.0520. The number of nitrogens with one attached hydrogen (secondary N) is 1. The van der Waals surface area contributed by atoms with Crippen LogP contribution in [0.5, 0.6) is 0 Å². The lowest BCUT2D eigenvalue weighted by molar-refractivity contribution is -0.139. The largest absolute Gasteiger partial charge is 0.332 e. The third kappa shape index (κ3) is 3.59. The molecule has 1 aliphatic carbocycles. The monoisotopic (exact) mass is 393 g/mol. The molecule has 2 aromatic rings. The molecule has 0 bridgehead atoms. The molecule has 1 amide bonds. The Morgan fingerprint density at radius 3 is 2.86 bits per heavy atom. The second-order valence-electron chi connectivity index (χ2n) is 8.52. The van der Waals surface area contributed by atoms with Crippen molar-refractivity contribution in [3.8, 4) is 0 Å². The zero-order valence-corrected chi connectivity index (χ0v) is 16.6. The second kappa shape index (κ2) is 7.71. The van der Waals surface area contributed by atoms with Crippen LogP contribution in [-0.2, 0) is 24.3 Å². The van der Waals surface area contributed by atoms with Gasteiger partial charge in [-0.1, -0.05) is 12.5 Å². The molecule has 2 aliphatic heterocycles. The van der Waals surface area contributed by atoms with E-state index in [1.165, 1.54) is 0 Å². The highest BCUT2D eigenvalue weighted by Crippen LogP contribution is 2.36. The number of nitrogens with zero attached hydrogens (tertiary/aromatic N) is 4. The van der Waals surface area contributed by atoms with E-state index in [1.807, 2.05) is 17.2 Å². The Kier molecular flexibility index (Phi) is 4.91. The van der Waals surface area contributed by atoms with Gasteiger partial charge >= 0.3 is 0 Å². The van der Waals surface area contributed by atoms with E-state index in [0.29, 0.717) is 12.4 Å². The molecule has 1 N–H and O–H groups in total. The van der Waals surface area contributed by atoms with Gasteiger partial charge in [-0.05, 0) is 37.3 Å². The summed E-state index contributed by atoms with van der Waals surface area (Å²) in [6.45, 7) is 3.02. The predicted octanol–water partition coefficient (Wildman–Crippen LogP) is 2.19. The lowest BCUT2D eigenvalue weighted by atomic mass is 9.84. The van der Waals surface area contributed by atoms with Gasteiger partial charge in [-0.3, -0.25) is 19.5 Å². The molecule has 4 heterocycles. The summed E-state index contributed by atoms with van der Waals surface area (Å²) in [5, 5.41) is 0. The van der Waals surface area contributed by atoms with Crippen molar-refractivity contribution in [2.75, 3.05) is 13.1 Å². The molecule has 2 fully saturated rings. The number of carbonyl (C=O) groups excluding carboxylic acids is 1. The van der Waals surface area contributed by atoms with E-state index in [0.717, 1.165) is 75.0 Å².